The van der Waals surface area contributed by atoms with Crippen LogP contribution in [0, 0.1) is 18.7 Å². The fourth-order valence-electron chi connectivity index (χ4n) is 4.54. The number of piperazine rings is 1. The number of hydrogen-bond donors (Lipinski definition) is 2. The molecular weight excluding hydrogens is 453 g/mol. The van der Waals surface area contributed by atoms with Crippen molar-refractivity contribution in [1.29, 1.82) is 0 Å². The summed E-state index contributed by atoms with van der Waals surface area (Å²) in [6, 6.07) is 15.5. The van der Waals surface area contributed by atoms with Crippen molar-refractivity contribution in [2.45, 2.75) is 26.3 Å². The van der Waals surface area contributed by atoms with Gasteiger partial charge in [-0.15, -0.1) is 0 Å². The van der Waals surface area contributed by atoms with Gasteiger partial charge >= 0.3 is 11.9 Å². The first-order chi connectivity index (χ1) is 16.7. The van der Waals surface area contributed by atoms with Crippen LogP contribution in [-0.4, -0.2) is 77.1 Å². The molecule has 2 aliphatic heterocycles. The number of halogens is 1. The van der Waals surface area contributed by atoms with E-state index in [4.69, 9.17) is 19.8 Å². The first-order valence-corrected chi connectivity index (χ1v) is 11.8. The number of para-hydroxylation sites is 1. The van der Waals surface area contributed by atoms with E-state index in [1.807, 2.05) is 21.9 Å². The fraction of sp³-hybridized carbons (Fsp3) is 0.423. The molecule has 35 heavy (non-hydrogen) atoms. The van der Waals surface area contributed by atoms with E-state index in [0.29, 0.717) is 31.9 Å². The van der Waals surface area contributed by atoms with Gasteiger partial charge in [-0.05, 0) is 50.6 Å². The zero-order chi connectivity index (χ0) is 25.4. The second-order valence-electron chi connectivity index (χ2n) is 8.91. The van der Waals surface area contributed by atoms with Gasteiger partial charge in [-0.25, -0.2) is 14.0 Å². The predicted octanol–water partition coefficient (Wildman–Crippen LogP) is 2.85. The smallest absolute Gasteiger partial charge is 0.414 e. The number of carbonyl (C=O) groups is 3. The number of anilines is 1. The van der Waals surface area contributed by atoms with E-state index in [2.05, 4.69) is 36.1 Å². The number of piperidine rings is 1. The van der Waals surface area contributed by atoms with Crippen LogP contribution in [0.2, 0.25) is 0 Å². The van der Waals surface area contributed by atoms with Gasteiger partial charge in [0.05, 0.1) is 5.69 Å². The molecule has 188 valence electrons. The highest BCUT2D eigenvalue weighted by molar-refractivity contribution is 6.27. The standard InChI is InChI=1S/C24H30FN3O.C2H2O4/c1-19-5-4-6-20(17-19)18-26-11-9-21(10-12-26)24(29)28-15-13-27(14-16-28)23-8-3-2-7-22(23)25;3-1(4)2(5)6/h2-8,17,21H,9-16,18H2,1H3;(H,3,4)(H,5,6). The Kier molecular flexibility index (Phi) is 9.19. The van der Waals surface area contributed by atoms with E-state index >= 15 is 0 Å². The lowest BCUT2D eigenvalue weighted by molar-refractivity contribution is -0.159. The van der Waals surface area contributed by atoms with Crippen LogP contribution >= 0.6 is 0 Å². The quantitative estimate of drug-likeness (QED) is 0.642. The van der Waals surface area contributed by atoms with Crippen molar-refractivity contribution in [1.82, 2.24) is 9.80 Å². The van der Waals surface area contributed by atoms with Crippen LogP contribution in [-0.2, 0) is 20.9 Å². The van der Waals surface area contributed by atoms with Crippen molar-refractivity contribution in [3.8, 4) is 0 Å². The molecule has 2 N–H and O–H groups in total. The molecule has 9 heteroatoms. The number of amides is 1. The fourth-order valence-corrected chi connectivity index (χ4v) is 4.54. The van der Waals surface area contributed by atoms with E-state index in [9.17, 15) is 9.18 Å². The minimum atomic E-state index is -1.82. The number of carboxylic acid groups (broad SMARTS) is 2. The molecule has 8 nitrogen and oxygen atoms in total. The Balaban J connectivity index is 0.000000509. The predicted molar refractivity (Wildman–Crippen MR) is 130 cm³/mol. The molecule has 0 atom stereocenters. The molecule has 0 aliphatic carbocycles. The number of nitrogens with zero attached hydrogens (tertiary/aromatic N) is 3. The first kappa shape index (κ1) is 26.2. The Morgan fingerprint density at radius 1 is 0.886 bits per heavy atom. The molecular formula is C26H32FN3O5. The van der Waals surface area contributed by atoms with E-state index in [-0.39, 0.29) is 17.6 Å². The molecule has 0 saturated carbocycles. The molecule has 2 saturated heterocycles. The normalized spacial score (nSPS) is 16.9. The molecule has 2 fully saturated rings. The maximum Gasteiger partial charge on any atom is 0.414 e. The zero-order valence-electron chi connectivity index (χ0n) is 19.9. The van der Waals surface area contributed by atoms with Gasteiger partial charge in [0.15, 0.2) is 0 Å². The first-order valence-electron chi connectivity index (χ1n) is 11.8. The molecule has 2 aromatic carbocycles. The van der Waals surface area contributed by atoms with Gasteiger partial charge in [0.1, 0.15) is 5.82 Å². The third-order valence-electron chi connectivity index (χ3n) is 6.39. The Bertz CT molecular complexity index is 1020. The maximum absolute atomic E-state index is 14.0. The second-order valence-corrected chi connectivity index (χ2v) is 8.91. The maximum atomic E-state index is 14.0. The lowest BCUT2D eigenvalue weighted by Gasteiger charge is -2.39. The largest absolute Gasteiger partial charge is 0.473 e. The van der Waals surface area contributed by atoms with Crippen LogP contribution in [0.1, 0.15) is 24.0 Å². The highest BCUT2D eigenvalue weighted by Crippen LogP contribution is 2.24. The molecule has 2 aliphatic rings. The second kappa shape index (κ2) is 12.3. The van der Waals surface area contributed by atoms with Crippen molar-refractivity contribution < 1.29 is 29.0 Å². The van der Waals surface area contributed by atoms with Crippen molar-refractivity contribution in [2.75, 3.05) is 44.2 Å². The van der Waals surface area contributed by atoms with E-state index < -0.39 is 11.9 Å². The summed E-state index contributed by atoms with van der Waals surface area (Å²) in [4.78, 5) is 37.7. The summed E-state index contributed by atoms with van der Waals surface area (Å²) >= 11 is 0. The van der Waals surface area contributed by atoms with E-state index in [0.717, 1.165) is 32.5 Å². The third kappa shape index (κ3) is 7.51. The number of aryl methyl sites for hydroxylation is 1. The molecule has 2 heterocycles. The number of rotatable bonds is 4. The van der Waals surface area contributed by atoms with Crippen LogP contribution in [0.25, 0.3) is 0 Å². The summed E-state index contributed by atoms with van der Waals surface area (Å²) in [7, 11) is 0. The number of carboxylic acids is 2. The van der Waals surface area contributed by atoms with Crippen molar-refractivity contribution in [2.24, 2.45) is 5.92 Å². The van der Waals surface area contributed by atoms with Crippen molar-refractivity contribution in [3.63, 3.8) is 0 Å². The van der Waals surface area contributed by atoms with Gasteiger partial charge in [0, 0.05) is 38.6 Å². The Hall–Kier alpha value is -3.46. The highest BCUT2D eigenvalue weighted by atomic mass is 19.1. The monoisotopic (exact) mass is 485 g/mol. The summed E-state index contributed by atoms with van der Waals surface area (Å²) in [5, 5.41) is 14.8. The van der Waals surface area contributed by atoms with Crippen LogP contribution in [0.5, 0.6) is 0 Å². The number of hydrogen-bond acceptors (Lipinski definition) is 5. The number of benzene rings is 2. The summed E-state index contributed by atoms with van der Waals surface area (Å²) in [5.74, 6) is -3.42. The number of aliphatic carboxylic acids is 2. The number of likely N-dealkylation sites (tertiary alicyclic amines) is 1. The van der Waals surface area contributed by atoms with E-state index in [1.54, 1.807) is 6.07 Å². The molecule has 0 spiro atoms. The molecule has 0 bridgehead atoms. The van der Waals surface area contributed by atoms with Gasteiger partial charge in [-0.3, -0.25) is 9.69 Å². The molecule has 2 aromatic rings. The van der Waals surface area contributed by atoms with Gasteiger partial charge < -0.3 is 20.0 Å². The highest BCUT2D eigenvalue weighted by Gasteiger charge is 2.30. The van der Waals surface area contributed by atoms with Gasteiger partial charge in [-0.1, -0.05) is 42.0 Å². The SMILES string of the molecule is Cc1cccc(CN2CCC(C(=O)N3CCN(c4ccccc4F)CC3)CC2)c1.O=C(O)C(=O)O. The van der Waals surface area contributed by atoms with Crippen molar-refractivity contribution >= 4 is 23.5 Å². The van der Waals surface area contributed by atoms with Crippen molar-refractivity contribution in [3.05, 3.63) is 65.5 Å². The molecule has 1 amide bonds. The minimum absolute atomic E-state index is 0.128. The Labute approximate surface area is 204 Å². The van der Waals surface area contributed by atoms with Gasteiger partial charge in [-0.2, -0.15) is 0 Å². The topological polar surface area (TPSA) is 101 Å². The zero-order valence-corrected chi connectivity index (χ0v) is 19.9. The van der Waals surface area contributed by atoms with E-state index in [1.165, 1.54) is 17.2 Å². The molecule has 0 radical (unpaired) electrons. The summed E-state index contributed by atoms with van der Waals surface area (Å²) in [6.45, 7) is 7.77. The van der Waals surface area contributed by atoms with Gasteiger partial charge in [0.2, 0.25) is 5.91 Å². The van der Waals surface area contributed by atoms with Crippen LogP contribution in [0.4, 0.5) is 10.1 Å². The average molecular weight is 486 g/mol. The Morgan fingerprint density at radius 3 is 2.09 bits per heavy atom. The average Bonchev–Trinajstić information content (AvgIpc) is 2.85. The molecule has 0 unspecified atom stereocenters. The summed E-state index contributed by atoms with van der Waals surface area (Å²) < 4.78 is 14.0. The lowest BCUT2D eigenvalue weighted by Crippen LogP contribution is -2.51. The molecule has 0 aromatic heterocycles. The summed E-state index contributed by atoms with van der Waals surface area (Å²) in [6.07, 6.45) is 1.86. The molecule has 4 rings (SSSR count). The number of carbonyl (C=O) groups excluding carboxylic acids is 1. The van der Waals surface area contributed by atoms with Crippen LogP contribution in [0.3, 0.4) is 0 Å². The van der Waals surface area contributed by atoms with Crippen LogP contribution < -0.4 is 4.90 Å². The van der Waals surface area contributed by atoms with Crippen LogP contribution in [0.15, 0.2) is 48.5 Å². The summed E-state index contributed by atoms with van der Waals surface area (Å²) in [5.41, 5.74) is 3.28. The third-order valence-corrected chi connectivity index (χ3v) is 6.39. The Morgan fingerprint density at radius 2 is 1.51 bits per heavy atom. The lowest BCUT2D eigenvalue weighted by atomic mass is 9.94. The van der Waals surface area contributed by atoms with Gasteiger partial charge in [0.25, 0.3) is 0 Å². The minimum Gasteiger partial charge on any atom is -0.473 e.